The van der Waals surface area contributed by atoms with Crippen LogP contribution in [0, 0.1) is 11.8 Å². The maximum absolute atomic E-state index is 13.2. The Morgan fingerprint density at radius 3 is 2.64 bits per heavy atom. The van der Waals surface area contributed by atoms with Gasteiger partial charge in [0.25, 0.3) is 0 Å². The Kier molecular flexibility index (Phi) is 5.67. The average Bonchev–Trinajstić information content (AvgIpc) is 2.89. The Morgan fingerprint density at radius 2 is 2.04 bits per heavy atom. The Balaban J connectivity index is 1.83. The highest BCUT2D eigenvalue weighted by atomic mass is 28.4. The topological polar surface area (TPSA) is 55.8 Å². The van der Waals surface area contributed by atoms with Crippen LogP contribution < -0.4 is 0 Å². The summed E-state index contributed by atoms with van der Waals surface area (Å²) in [6.07, 6.45) is 5.55. The van der Waals surface area contributed by atoms with Crippen LogP contribution in [0.4, 0.5) is 0 Å². The van der Waals surface area contributed by atoms with Crippen molar-refractivity contribution >= 4 is 20.2 Å². The minimum absolute atomic E-state index is 0.0173. The van der Waals surface area contributed by atoms with E-state index >= 15 is 0 Å². The zero-order chi connectivity index (χ0) is 20.9. The van der Waals surface area contributed by atoms with Crippen LogP contribution in [0.3, 0.4) is 0 Å². The van der Waals surface area contributed by atoms with Crippen molar-refractivity contribution in [2.24, 2.45) is 11.8 Å². The van der Waals surface area contributed by atoms with Gasteiger partial charge in [-0.1, -0.05) is 39.8 Å². The minimum atomic E-state index is -1.97. The molecule has 1 unspecified atom stereocenters. The molecule has 28 heavy (non-hydrogen) atoms. The maximum Gasteiger partial charge on any atom is 0.355 e. The van der Waals surface area contributed by atoms with E-state index in [0.29, 0.717) is 5.70 Å². The van der Waals surface area contributed by atoms with E-state index in [2.05, 4.69) is 40.4 Å². The highest BCUT2D eigenvalue weighted by Crippen LogP contribution is 2.53. The Morgan fingerprint density at radius 1 is 1.36 bits per heavy atom. The third-order valence-electron chi connectivity index (χ3n) is 7.12. The number of fused-ring (bicyclic) bond motifs is 3. The second-order valence-electron chi connectivity index (χ2n) is 9.92. The van der Waals surface area contributed by atoms with Crippen LogP contribution >= 0.6 is 0 Å². The van der Waals surface area contributed by atoms with Gasteiger partial charge in [0.2, 0.25) is 5.91 Å². The Hall–Kier alpha value is -1.40. The molecule has 1 amide bonds. The molecule has 0 radical (unpaired) electrons. The predicted octanol–water partition coefficient (Wildman–Crippen LogP) is 4.41. The van der Waals surface area contributed by atoms with Crippen molar-refractivity contribution in [2.45, 2.75) is 83.7 Å². The van der Waals surface area contributed by atoms with Crippen molar-refractivity contribution in [2.75, 3.05) is 6.61 Å². The maximum atomic E-state index is 13.2. The van der Waals surface area contributed by atoms with Crippen LogP contribution in [-0.2, 0) is 18.8 Å². The van der Waals surface area contributed by atoms with Crippen molar-refractivity contribution in [3.63, 3.8) is 0 Å². The smallest absolute Gasteiger partial charge is 0.355 e. The predicted molar refractivity (Wildman–Crippen MR) is 112 cm³/mol. The number of carbonyl (C=O) groups is 2. The van der Waals surface area contributed by atoms with E-state index in [-0.39, 0.29) is 47.5 Å². The monoisotopic (exact) mass is 405 g/mol. The standard InChI is InChI=1S/C22H35NO4Si/c1-8-13-26-21(25)19-16-12-10-9-11-15(16)18-17(20(24)23(18)19)14(2)27-28(6,7)22(3,4)5/h8,14-15,17-18H,1,9-13H2,2-7H3/t14?,15-,17-,18-/m1/s1. The normalized spacial score (nSPS) is 28.4. The number of amides is 1. The molecule has 2 heterocycles. The lowest BCUT2D eigenvalue weighted by Gasteiger charge is -2.50. The summed E-state index contributed by atoms with van der Waals surface area (Å²) in [5, 5.41) is 0.0946. The van der Waals surface area contributed by atoms with Crippen molar-refractivity contribution in [1.29, 1.82) is 0 Å². The van der Waals surface area contributed by atoms with Crippen molar-refractivity contribution in [3.05, 3.63) is 23.9 Å². The van der Waals surface area contributed by atoms with Gasteiger partial charge in [0.15, 0.2) is 8.32 Å². The number of hydrogen-bond donors (Lipinski definition) is 0. The summed E-state index contributed by atoms with van der Waals surface area (Å²) in [6, 6.07) is 0.0499. The highest BCUT2D eigenvalue weighted by molar-refractivity contribution is 6.74. The first-order valence-electron chi connectivity index (χ1n) is 10.5. The van der Waals surface area contributed by atoms with Gasteiger partial charge < -0.3 is 14.1 Å². The van der Waals surface area contributed by atoms with Gasteiger partial charge in [-0.2, -0.15) is 0 Å². The summed E-state index contributed by atoms with van der Waals surface area (Å²) in [4.78, 5) is 27.6. The molecule has 1 aliphatic carbocycles. The molecule has 1 saturated heterocycles. The van der Waals surface area contributed by atoms with Crippen LogP contribution in [0.15, 0.2) is 23.9 Å². The molecule has 3 rings (SSSR count). The van der Waals surface area contributed by atoms with Crippen LogP contribution in [0.2, 0.25) is 18.1 Å². The van der Waals surface area contributed by atoms with E-state index in [1.54, 1.807) is 11.0 Å². The van der Waals surface area contributed by atoms with E-state index in [1.807, 2.05) is 6.92 Å². The van der Waals surface area contributed by atoms with Crippen LogP contribution in [0.5, 0.6) is 0 Å². The fourth-order valence-corrected chi connectivity index (χ4v) is 6.14. The molecule has 156 valence electrons. The first-order valence-corrected chi connectivity index (χ1v) is 13.4. The molecule has 0 spiro atoms. The molecule has 0 aromatic carbocycles. The second kappa shape index (κ2) is 7.45. The Labute approximate surface area is 170 Å². The summed E-state index contributed by atoms with van der Waals surface area (Å²) in [5.41, 5.74) is 1.64. The number of rotatable bonds is 6. The highest BCUT2D eigenvalue weighted by Gasteiger charge is 2.62. The minimum Gasteiger partial charge on any atom is -0.457 e. The first kappa shape index (κ1) is 21.3. The van der Waals surface area contributed by atoms with Gasteiger partial charge in [-0.25, -0.2) is 4.79 Å². The van der Waals surface area contributed by atoms with Crippen LogP contribution in [0.1, 0.15) is 53.4 Å². The van der Waals surface area contributed by atoms with Crippen LogP contribution in [-0.4, -0.2) is 43.8 Å². The number of ether oxygens (including phenoxy) is 1. The van der Waals surface area contributed by atoms with E-state index in [9.17, 15) is 9.59 Å². The molecule has 2 fully saturated rings. The third-order valence-corrected chi connectivity index (χ3v) is 11.7. The molecule has 0 bridgehead atoms. The molecule has 2 aliphatic heterocycles. The molecule has 0 N–H and O–H groups in total. The third kappa shape index (κ3) is 3.39. The lowest BCUT2D eigenvalue weighted by atomic mass is 9.72. The number of β-lactam (4-membered cyclic amide) rings is 1. The van der Waals surface area contributed by atoms with E-state index in [1.165, 1.54) is 0 Å². The van der Waals surface area contributed by atoms with E-state index in [0.717, 1.165) is 31.3 Å². The number of nitrogens with zero attached hydrogens (tertiary/aromatic N) is 1. The molecular weight excluding hydrogens is 370 g/mol. The molecule has 4 atom stereocenters. The summed E-state index contributed by atoms with van der Waals surface area (Å²) >= 11 is 0. The number of hydrogen-bond acceptors (Lipinski definition) is 4. The van der Waals surface area contributed by atoms with Crippen molar-refractivity contribution in [3.8, 4) is 0 Å². The van der Waals surface area contributed by atoms with Gasteiger partial charge in [-0.05, 0) is 49.9 Å². The molecule has 6 heteroatoms. The second-order valence-corrected chi connectivity index (χ2v) is 14.7. The van der Waals surface area contributed by atoms with Crippen molar-refractivity contribution in [1.82, 2.24) is 4.90 Å². The quantitative estimate of drug-likeness (QED) is 0.284. The van der Waals surface area contributed by atoms with Crippen LogP contribution in [0.25, 0.3) is 0 Å². The SMILES string of the molecule is C=CCOC(=O)C1=C2CCCC[C@H]2[C@@H]2[C@@H](C(C)O[Si](C)(C)C(C)(C)C)C(=O)N12. The zero-order valence-electron chi connectivity index (χ0n) is 18.2. The van der Waals surface area contributed by atoms with E-state index < -0.39 is 8.32 Å². The van der Waals surface area contributed by atoms with Gasteiger partial charge in [0.05, 0.1) is 18.1 Å². The first-order chi connectivity index (χ1) is 13.0. The lowest BCUT2D eigenvalue weighted by Crippen LogP contribution is -2.65. The summed E-state index contributed by atoms with van der Waals surface area (Å²) < 4.78 is 11.9. The van der Waals surface area contributed by atoms with Gasteiger partial charge in [0, 0.05) is 5.92 Å². The Bertz CT molecular complexity index is 706. The average molecular weight is 406 g/mol. The molecular formula is C22H35NO4Si. The molecule has 1 saturated carbocycles. The zero-order valence-corrected chi connectivity index (χ0v) is 19.2. The summed E-state index contributed by atoms with van der Waals surface area (Å²) in [5.74, 6) is -0.261. The number of esters is 1. The largest absolute Gasteiger partial charge is 0.457 e. The molecule has 5 nitrogen and oxygen atoms in total. The molecule has 3 aliphatic rings. The van der Waals surface area contributed by atoms with Gasteiger partial charge in [-0.3, -0.25) is 4.79 Å². The summed E-state index contributed by atoms with van der Waals surface area (Å²) in [6.45, 7) is 16.9. The van der Waals surface area contributed by atoms with Gasteiger partial charge in [0.1, 0.15) is 12.3 Å². The van der Waals surface area contributed by atoms with Gasteiger partial charge in [-0.15, -0.1) is 0 Å². The lowest BCUT2D eigenvalue weighted by molar-refractivity contribution is -0.163. The summed E-state index contributed by atoms with van der Waals surface area (Å²) in [7, 11) is -1.97. The van der Waals surface area contributed by atoms with E-state index in [4.69, 9.17) is 9.16 Å². The molecule has 0 aromatic heterocycles. The fraction of sp³-hybridized carbons (Fsp3) is 0.727. The fourth-order valence-electron chi connectivity index (χ4n) is 4.71. The number of carbonyl (C=O) groups excluding carboxylic acids is 2. The van der Waals surface area contributed by atoms with Crippen molar-refractivity contribution < 1.29 is 18.8 Å². The molecule has 0 aromatic rings. The van der Waals surface area contributed by atoms with Gasteiger partial charge >= 0.3 is 5.97 Å².